The fourth-order valence-electron chi connectivity index (χ4n) is 4.30. The number of pyridine rings is 2. The highest BCUT2D eigenvalue weighted by atomic mass is 19.1. The summed E-state index contributed by atoms with van der Waals surface area (Å²) < 4.78 is 14.8. The number of benzene rings is 1. The number of anilines is 2. The van der Waals surface area contributed by atoms with Crippen molar-refractivity contribution in [3.63, 3.8) is 0 Å². The number of piperazine rings is 1. The predicted molar refractivity (Wildman–Crippen MR) is 149 cm³/mol. The summed E-state index contributed by atoms with van der Waals surface area (Å²) in [6.07, 6.45) is 4.56. The molecule has 9 nitrogen and oxygen atoms in total. The van der Waals surface area contributed by atoms with E-state index in [1.807, 2.05) is 13.8 Å². The van der Waals surface area contributed by atoms with Crippen LogP contribution >= 0.6 is 0 Å². The van der Waals surface area contributed by atoms with E-state index in [9.17, 15) is 9.18 Å². The lowest BCUT2D eigenvalue weighted by Gasteiger charge is -2.32. The van der Waals surface area contributed by atoms with Gasteiger partial charge in [-0.3, -0.25) is 14.7 Å². The van der Waals surface area contributed by atoms with Crippen molar-refractivity contribution < 1.29 is 9.18 Å². The van der Waals surface area contributed by atoms with Gasteiger partial charge in [-0.1, -0.05) is 17.9 Å². The summed E-state index contributed by atoms with van der Waals surface area (Å²) in [7, 11) is 2.09. The zero-order valence-corrected chi connectivity index (χ0v) is 22.1. The largest absolute Gasteiger partial charge is 0.383 e. The van der Waals surface area contributed by atoms with Gasteiger partial charge in [-0.05, 0) is 39.1 Å². The van der Waals surface area contributed by atoms with Gasteiger partial charge in [-0.25, -0.2) is 19.3 Å². The molecular weight excluding hydrogens is 495 g/mol. The Kier molecular flexibility index (Phi) is 7.45. The zero-order chi connectivity index (χ0) is 27.5. The molecule has 39 heavy (non-hydrogen) atoms. The second kappa shape index (κ2) is 11.1. The van der Waals surface area contributed by atoms with Crippen molar-refractivity contribution in [3.05, 3.63) is 82.3 Å². The lowest BCUT2D eigenvalue weighted by Crippen LogP contribution is -2.44. The molecule has 0 bridgehead atoms. The molecule has 1 fully saturated rings. The van der Waals surface area contributed by atoms with Gasteiger partial charge in [0.1, 0.15) is 22.7 Å². The molecule has 1 aliphatic heterocycles. The van der Waals surface area contributed by atoms with E-state index < -0.39 is 5.91 Å². The van der Waals surface area contributed by atoms with Crippen LogP contribution in [0.15, 0.2) is 42.9 Å². The molecule has 198 valence electrons. The maximum Gasteiger partial charge on any atom is 0.257 e. The third-order valence-electron chi connectivity index (χ3n) is 6.79. The summed E-state index contributed by atoms with van der Waals surface area (Å²) in [4.78, 5) is 34.8. The van der Waals surface area contributed by atoms with Crippen LogP contribution < -0.4 is 11.1 Å². The molecule has 4 aromatic rings. The van der Waals surface area contributed by atoms with Crippen molar-refractivity contribution in [1.29, 1.82) is 0 Å². The maximum absolute atomic E-state index is 14.8. The van der Waals surface area contributed by atoms with Crippen LogP contribution in [0.2, 0.25) is 0 Å². The molecule has 0 saturated carbocycles. The quantitative estimate of drug-likeness (QED) is 0.392. The summed E-state index contributed by atoms with van der Waals surface area (Å²) in [5.74, 6) is 5.49. The van der Waals surface area contributed by atoms with Crippen LogP contribution in [0.5, 0.6) is 0 Å². The first-order chi connectivity index (χ1) is 18.8. The molecular formula is C29H29FN8O. The number of amides is 1. The molecule has 4 heterocycles. The third-order valence-corrected chi connectivity index (χ3v) is 6.79. The lowest BCUT2D eigenvalue weighted by atomic mass is 10.1. The number of nitrogens with one attached hydrogen (secondary N) is 1. The summed E-state index contributed by atoms with van der Waals surface area (Å²) >= 11 is 0. The molecule has 0 unspecified atom stereocenters. The normalized spacial score (nSPS) is 14.2. The minimum Gasteiger partial charge on any atom is -0.383 e. The minimum absolute atomic E-state index is 0.243. The number of aromatic nitrogens is 4. The van der Waals surface area contributed by atoms with E-state index in [0.29, 0.717) is 45.5 Å². The van der Waals surface area contributed by atoms with Crippen molar-refractivity contribution in [1.82, 2.24) is 29.7 Å². The van der Waals surface area contributed by atoms with Crippen molar-refractivity contribution in [3.8, 4) is 11.8 Å². The molecule has 1 amide bonds. The molecule has 3 aromatic heterocycles. The number of hydrogen-bond acceptors (Lipinski definition) is 8. The number of hydrogen-bond donors (Lipinski definition) is 2. The molecule has 1 aromatic carbocycles. The average Bonchev–Trinajstić information content (AvgIpc) is 2.92. The monoisotopic (exact) mass is 524 g/mol. The fourth-order valence-corrected chi connectivity index (χ4v) is 4.30. The second-order valence-corrected chi connectivity index (χ2v) is 9.70. The smallest absolute Gasteiger partial charge is 0.257 e. The van der Waals surface area contributed by atoms with Gasteiger partial charge in [-0.2, -0.15) is 0 Å². The number of fused-ring (bicyclic) bond motifs is 1. The van der Waals surface area contributed by atoms with Crippen LogP contribution in [-0.2, 0) is 6.54 Å². The Hall–Kier alpha value is -4.46. The van der Waals surface area contributed by atoms with Crippen molar-refractivity contribution in [2.24, 2.45) is 0 Å². The number of carbonyl (C=O) groups excluding carboxylic acids is 1. The van der Waals surface area contributed by atoms with Crippen molar-refractivity contribution in [2.45, 2.75) is 20.4 Å². The van der Waals surface area contributed by atoms with Gasteiger partial charge in [0.25, 0.3) is 5.91 Å². The Bertz CT molecular complexity index is 1620. The Morgan fingerprint density at radius 3 is 2.59 bits per heavy atom. The number of halogens is 1. The Morgan fingerprint density at radius 2 is 1.82 bits per heavy atom. The van der Waals surface area contributed by atoms with Gasteiger partial charge < -0.3 is 16.0 Å². The van der Waals surface area contributed by atoms with Gasteiger partial charge in [0.05, 0.1) is 28.7 Å². The number of nitrogen functional groups attached to an aromatic ring is 1. The summed E-state index contributed by atoms with van der Waals surface area (Å²) in [5.41, 5.74) is 11.1. The second-order valence-electron chi connectivity index (χ2n) is 9.70. The molecule has 0 radical (unpaired) electrons. The van der Waals surface area contributed by atoms with Crippen LogP contribution in [-0.4, -0.2) is 68.9 Å². The van der Waals surface area contributed by atoms with Gasteiger partial charge in [0.15, 0.2) is 0 Å². The predicted octanol–water partition coefficient (Wildman–Crippen LogP) is 3.16. The highest BCUT2D eigenvalue weighted by Crippen LogP contribution is 2.21. The topological polar surface area (TPSA) is 113 Å². The number of carbonyl (C=O) groups is 1. The van der Waals surface area contributed by atoms with E-state index in [1.54, 1.807) is 30.6 Å². The molecule has 10 heteroatoms. The van der Waals surface area contributed by atoms with Crippen LogP contribution in [0.4, 0.5) is 15.9 Å². The molecule has 5 rings (SSSR count). The van der Waals surface area contributed by atoms with Gasteiger partial charge >= 0.3 is 0 Å². The van der Waals surface area contributed by atoms with Crippen molar-refractivity contribution >= 4 is 28.4 Å². The Balaban J connectivity index is 1.31. The van der Waals surface area contributed by atoms with Crippen LogP contribution in [0.1, 0.15) is 38.4 Å². The molecule has 0 aliphatic carbocycles. The van der Waals surface area contributed by atoms with E-state index in [0.717, 1.165) is 37.6 Å². The van der Waals surface area contributed by atoms with E-state index in [4.69, 9.17) is 5.73 Å². The highest BCUT2D eigenvalue weighted by Gasteiger charge is 2.16. The third kappa shape index (κ3) is 6.00. The molecule has 1 saturated heterocycles. The first-order valence-corrected chi connectivity index (χ1v) is 12.6. The number of likely N-dealkylation sites (N-methyl/N-ethyl adjacent to an activating group) is 1. The van der Waals surface area contributed by atoms with Crippen LogP contribution in [0.25, 0.3) is 11.0 Å². The summed E-state index contributed by atoms with van der Waals surface area (Å²) in [5, 5.41) is 2.75. The van der Waals surface area contributed by atoms with Crippen molar-refractivity contribution in [2.75, 3.05) is 44.3 Å². The minimum atomic E-state index is -0.416. The number of aryl methyl sites for hydroxylation is 2. The molecule has 1 aliphatic rings. The average molecular weight is 525 g/mol. The van der Waals surface area contributed by atoms with Gasteiger partial charge in [0, 0.05) is 61.9 Å². The summed E-state index contributed by atoms with van der Waals surface area (Å²) in [6, 6.07) is 6.40. The fraction of sp³-hybridized carbons (Fsp3) is 0.276. The van der Waals surface area contributed by atoms with Crippen LogP contribution in [0.3, 0.4) is 0 Å². The number of nitrogens with two attached hydrogens (primary N) is 1. The van der Waals surface area contributed by atoms with Gasteiger partial charge in [-0.15, -0.1) is 0 Å². The zero-order valence-electron chi connectivity index (χ0n) is 22.1. The lowest BCUT2D eigenvalue weighted by molar-refractivity contribution is 0.102. The highest BCUT2D eigenvalue weighted by molar-refractivity contribution is 6.04. The molecule has 0 atom stereocenters. The van der Waals surface area contributed by atoms with Crippen LogP contribution in [0, 0.1) is 31.5 Å². The number of rotatable bonds is 4. The standard InChI is InChI=1S/C29H29FN8O/c1-18-19(2)35-27-24(28(31)33-16-26(27)34-18)7-4-20-12-22(15-32-14-20)29(39)36-23-6-5-21(25(30)13-23)17-38-10-8-37(3)9-11-38/h5-6,12-16H,8-11,17H2,1-3H3,(H2,31,33)(H,36,39). The van der Waals surface area contributed by atoms with E-state index >= 15 is 0 Å². The van der Waals surface area contributed by atoms with E-state index in [2.05, 4.69) is 53.9 Å². The number of nitrogens with zero attached hydrogens (tertiary/aromatic N) is 6. The van der Waals surface area contributed by atoms with E-state index in [1.165, 1.54) is 12.3 Å². The first kappa shape index (κ1) is 26.2. The Morgan fingerprint density at radius 1 is 1.05 bits per heavy atom. The first-order valence-electron chi connectivity index (χ1n) is 12.6. The van der Waals surface area contributed by atoms with Gasteiger partial charge in [0.2, 0.25) is 0 Å². The molecule has 0 spiro atoms. The SMILES string of the molecule is Cc1nc2cnc(N)c(C#Cc3cncc(C(=O)Nc4ccc(CN5CCN(C)CC5)c(F)c4)c3)c2nc1C. The molecule has 3 N–H and O–H groups in total. The Labute approximate surface area is 226 Å². The summed E-state index contributed by atoms with van der Waals surface area (Å²) in [6.45, 7) is 8.02. The van der Waals surface area contributed by atoms with E-state index in [-0.39, 0.29) is 11.6 Å². The maximum atomic E-state index is 14.8.